The molecule has 0 aliphatic carbocycles. The van der Waals surface area contributed by atoms with Crippen molar-refractivity contribution in [2.45, 2.75) is 18.7 Å². The SMILES string of the molecule is COc1ccc(S(=O)(=O)NOCC(C)C)cc1OC. The van der Waals surface area contributed by atoms with Crippen LogP contribution in [0.3, 0.4) is 0 Å². The zero-order valence-electron chi connectivity index (χ0n) is 11.5. The first-order valence-corrected chi connectivity index (χ1v) is 7.24. The molecule has 0 unspecified atom stereocenters. The molecule has 19 heavy (non-hydrogen) atoms. The Bertz CT molecular complexity index is 513. The van der Waals surface area contributed by atoms with Gasteiger partial charge in [0.15, 0.2) is 11.5 Å². The van der Waals surface area contributed by atoms with Gasteiger partial charge in [0.25, 0.3) is 10.0 Å². The Morgan fingerprint density at radius 1 is 1.16 bits per heavy atom. The maximum absolute atomic E-state index is 11.9. The van der Waals surface area contributed by atoms with Crippen molar-refractivity contribution in [3.8, 4) is 11.5 Å². The largest absolute Gasteiger partial charge is 0.493 e. The molecule has 0 saturated heterocycles. The summed E-state index contributed by atoms with van der Waals surface area (Å²) >= 11 is 0. The molecule has 0 spiro atoms. The maximum atomic E-state index is 11.9. The first-order valence-electron chi connectivity index (χ1n) is 5.76. The Balaban J connectivity index is 2.89. The predicted molar refractivity (Wildman–Crippen MR) is 70.7 cm³/mol. The number of hydrogen-bond acceptors (Lipinski definition) is 5. The molecule has 6 nitrogen and oxygen atoms in total. The van der Waals surface area contributed by atoms with Gasteiger partial charge in [0, 0.05) is 6.07 Å². The van der Waals surface area contributed by atoms with Gasteiger partial charge in [-0.05, 0) is 18.1 Å². The summed E-state index contributed by atoms with van der Waals surface area (Å²) in [5, 5.41) is 0. The Labute approximate surface area is 113 Å². The van der Waals surface area contributed by atoms with Gasteiger partial charge in [-0.3, -0.25) is 4.84 Å². The molecule has 1 rings (SSSR count). The van der Waals surface area contributed by atoms with Gasteiger partial charge in [-0.1, -0.05) is 18.7 Å². The van der Waals surface area contributed by atoms with E-state index in [2.05, 4.69) is 4.89 Å². The minimum atomic E-state index is -3.72. The van der Waals surface area contributed by atoms with Crippen LogP contribution in [0.4, 0.5) is 0 Å². The van der Waals surface area contributed by atoms with Crippen LogP contribution in [0.5, 0.6) is 11.5 Å². The van der Waals surface area contributed by atoms with E-state index < -0.39 is 10.0 Å². The molecule has 0 aliphatic rings. The van der Waals surface area contributed by atoms with Crippen LogP contribution >= 0.6 is 0 Å². The maximum Gasteiger partial charge on any atom is 0.262 e. The van der Waals surface area contributed by atoms with E-state index in [1.807, 2.05) is 13.8 Å². The standard InChI is InChI=1S/C12H19NO5S/c1-9(2)8-18-13-19(14,15)10-5-6-11(16-3)12(7-10)17-4/h5-7,9,13H,8H2,1-4H3. The number of rotatable bonds is 7. The summed E-state index contributed by atoms with van der Waals surface area (Å²) in [6, 6.07) is 4.32. The van der Waals surface area contributed by atoms with Crippen LogP contribution in [0.1, 0.15) is 13.8 Å². The average Bonchev–Trinajstić information content (AvgIpc) is 2.37. The van der Waals surface area contributed by atoms with Gasteiger partial charge in [-0.25, -0.2) is 8.42 Å². The molecule has 7 heteroatoms. The molecule has 0 radical (unpaired) electrons. The summed E-state index contributed by atoms with van der Waals surface area (Å²) in [5.74, 6) is 1.03. The van der Waals surface area contributed by atoms with Crippen LogP contribution in [0.2, 0.25) is 0 Å². The molecule has 0 fully saturated rings. The van der Waals surface area contributed by atoms with Crippen molar-refractivity contribution in [3.63, 3.8) is 0 Å². The van der Waals surface area contributed by atoms with E-state index in [9.17, 15) is 8.42 Å². The van der Waals surface area contributed by atoms with Gasteiger partial charge in [-0.15, -0.1) is 0 Å². The van der Waals surface area contributed by atoms with Crippen molar-refractivity contribution in [1.29, 1.82) is 0 Å². The molecule has 108 valence electrons. The summed E-state index contributed by atoms with van der Waals surface area (Å²) in [6.07, 6.45) is 0. The third kappa shape index (κ3) is 4.38. The van der Waals surface area contributed by atoms with Crippen LogP contribution in [0.15, 0.2) is 23.1 Å². The number of benzene rings is 1. The molecule has 0 atom stereocenters. The Kier molecular flexibility index (Phi) is 5.59. The van der Waals surface area contributed by atoms with Crippen LogP contribution in [-0.2, 0) is 14.9 Å². The van der Waals surface area contributed by atoms with Gasteiger partial charge in [0.05, 0.1) is 25.7 Å². The molecular formula is C12H19NO5S. The Morgan fingerprint density at radius 2 is 1.79 bits per heavy atom. The van der Waals surface area contributed by atoms with Gasteiger partial charge in [0.2, 0.25) is 0 Å². The highest BCUT2D eigenvalue weighted by Crippen LogP contribution is 2.29. The van der Waals surface area contributed by atoms with Crippen molar-refractivity contribution in [3.05, 3.63) is 18.2 Å². The molecule has 0 amide bonds. The molecule has 0 aliphatic heterocycles. The highest BCUT2D eigenvalue weighted by Gasteiger charge is 2.17. The van der Waals surface area contributed by atoms with E-state index in [1.54, 1.807) is 0 Å². The van der Waals surface area contributed by atoms with Crippen LogP contribution in [-0.4, -0.2) is 29.2 Å². The zero-order valence-corrected chi connectivity index (χ0v) is 12.3. The molecule has 1 aromatic carbocycles. The first kappa shape index (κ1) is 15.7. The van der Waals surface area contributed by atoms with E-state index in [4.69, 9.17) is 14.3 Å². The zero-order chi connectivity index (χ0) is 14.5. The molecule has 0 bridgehead atoms. The lowest BCUT2D eigenvalue weighted by atomic mass is 10.2. The summed E-state index contributed by atoms with van der Waals surface area (Å²) in [4.78, 5) is 7.06. The molecule has 1 N–H and O–H groups in total. The van der Waals surface area contributed by atoms with E-state index >= 15 is 0 Å². The summed E-state index contributed by atoms with van der Waals surface area (Å²) in [7, 11) is -0.798. The lowest BCUT2D eigenvalue weighted by molar-refractivity contribution is 0.0718. The number of nitrogens with one attached hydrogen (secondary N) is 1. The number of methoxy groups -OCH3 is 2. The van der Waals surface area contributed by atoms with Crippen molar-refractivity contribution >= 4 is 10.0 Å². The second-order valence-electron chi connectivity index (χ2n) is 4.31. The second kappa shape index (κ2) is 6.74. The average molecular weight is 289 g/mol. The summed E-state index contributed by atoms with van der Waals surface area (Å²) < 4.78 is 34.0. The fraction of sp³-hybridized carbons (Fsp3) is 0.500. The smallest absolute Gasteiger partial charge is 0.262 e. The normalized spacial score (nSPS) is 11.6. The highest BCUT2D eigenvalue weighted by atomic mass is 32.2. The number of hydrogen-bond donors (Lipinski definition) is 1. The van der Waals surface area contributed by atoms with E-state index in [0.717, 1.165) is 0 Å². The van der Waals surface area contributed by atoms with Crippen molar-refractivity contribution < 1.29 is 22.7 Å². The fourth-order valence-electron chi connectivity index (χ4n) is 1.31. The summed E-state index contributed by atoms with van der Waals surface area (Å²) in [5.41, 5.74) is 0. The molecule has 0 saturated carbocycles. The minimum absolute atomic E-state index is 0.0499. The minimum Gasteiger partial charge on any atom is -0.493 e. The number of sulfonamides is 1. The number of ether oxygens (including phenoxy) is 2. The third-order valence-corrected chi connectivity index (χ3v) is 3.46. The second-order valence-corrected chi connectivity index (χ2v) is 5.95. The van der Waals surface area contributed by atoms with Gasteiger partial charge in [-0.2, -0.15) is 0 Å². The molecule has 0 aromatic heterocycles. The van der Waals surface area contributed by atoms with Gasteiger partial charge < -0.3 is 9.47 Å². The van der Waals surface area contributed by atoms with E-state index in [-0.39, 0.29) is 10.8 Å². The monoisotopic (exact) mass is 289 g/mol. The van der Waals surface area contributed by atoms with Gasteiger partial charge in [0.1, 0.15) is 0 Å². The Hall–Kier alpha value is -1.31. The van der Waals surface area contributed by atoms with E-state index in [0.29, 0.717) is 18.1 Å². The molecule has 0 heterocycles. The van der Waals surface area contributed by atoms with Crippen LogP contribution < -0.4 is 14.4 Å². The highest BCUT2D eigenvalue weighted by molar-refractivity contribution is 7.89. The topological polar surface area (TPSA) is 73.9 Å². The third-order valence-electron chi connectivity index (χ3n) is 2.25. The Morgan fingerprint density at radius 3 is 2.32 bits per heavy atom. The molecular weight excluding hydrogens is 270 g/mol. The van der Waals surface area contributed by atoms with Crippen molar-refractivity contribution in [2.75, 3.05) is 20.8 Å². The quantitative estimate of drug-likeness (QED) is 0.771. The summed E-state index contributed by atoms with van der Waals surface area (Å²) in [6.45, 7) is 4.14. The predicted octanol–water partition coefficient (Wildman–Crippen LogP) is 1.57. The van der Waals surface area contributed by atoms with Crippen molar-refractivity contribution in [2.24, 2.45) is 5.92 Å². The lowest BCUT2D eigenvalue weighted by Gasteiger charge is -2.11. The van der Waals surface area contributed by atoms with Gasteiger partial charge >= 0.3 is 0 Å². The van der Waals surface area contributed by atoms with Crippen LogP contribution in [0, 0.1) is 5.92 Å². The van der Waals surface area contributed by atoms with Crippen LogP contribution in [0.25, 0.3) is 0 Å². The van der Waals surface area contributed by atoms with Crippen molar-refractivity contribution in [1.82, 2.24) is 4.89 Å². The fourth-order valence-corrected chi connectivity index (χ4v) is 2.14. The lowest BCUT2D eigenvalue weighted by Crippen LogP contribution is -2.25. The first-order chi connectivity index (χ1) is 8.90. The van der Waals surface area contributed by atoms with E-state index in [1.165, 1.54) is 32.4 Å². The molecule has 1 aromatic rings.